The third kappa shape index (κ3) is 49.0. The third-order valence-corrected chi connectivity index (χ3v) is 13.7. The number of carbonyl (C=O) groups is 1. The predicted molar refractivity (Wildman–Crippen MR) is 270 cm³/mol. The molecule has 2 N–H and O–H groups in total. The van der Waals surface area contributed by atoms with Crippen LogP contribution >= 0.6 is 7.82 Å². The van der Waals surface area contributed by atoms with Gasteiger partial charge in [0.1, 0.15) is 13.2 Å². The number of phosphoric acid groups is 1. The Bertz CT molecular complexity index is 1040. The smallest absolute Gasteiger partial charge is 0.268 e. The van der Waals surface area contributed by atoms with Crippen molar-refractivity contribution in [1.82, 2.24) is 5.32 Å². The van der Waals surface area contributed by atoms with Gasteiger partial charge in [-0.05, 0) is 38.5 Å². The van der Waals surface area contributed by atoms with Crippen LogP contribution in [0.1, 0.15) is 277 Å². The second-order valence-electron chi connectivity index (χ2n) is 20.3. The van der Waals surface area contributed by atoms with Gasteiger partial charge in [0.25, 0.3) is 7.82 Å². The van der Waals surface area contributed by atoms with Crippen LogP contribution in [0.15, 0.2) is 12.2 Å². The number of hydrogen-bond donors (Lipinski definition) is 2. The number of quaternary nitrogens is 1. The highest BCUT2D eigenvalue weighted by Crippen LogP contribution is 2.38. The molecule has 8 nitrogen and oxygen atoms in total. The van der Waals surface area contributed by atoms with E-state index in [0.717, 1.165) is 38.5 Å². The molecule has 0 rings (SSSR count). The SMILES string of the molecule is CCCCCCCCCC/C=C\CCCCCCCCCC(=O)NC(COP(=O)([O-])OCC[N+](C)(C)C)C(O)CCCCCCCCCCCCCCCCCCCCCCCC. The van der Waals surface area contributed by atoms with E-state index >= 15 is 0 Å². The van der Waals surface area contributed by atoms with E-state index in [1.165, 1.54) is 212 Å². The van der Waals surface area contributed by atoms with Gasteiger partial charge in [0.2, 0.25) is 5.91 Å². The fourth-order valence-electron chi connectivity index (χ4n) is 8.39. The first-order chi connectivity index (χ1) is 30.5. The molecule has 0 aromatic rings. The highest BCUT2D eigenvalue weighted by molar-refractivity contribution is 7.45. The van der Waals surface area contributed by atoms with Crippen molar-refractivity contribution in [2.45, 2.75) is 289 Å². The number of nitrogens with zero attached hydrogens (tertiary/aromatic N) is 1. The van der Waals surface area contributed by atoms with Gasteiger partial charge >= 0.3 is 0 Å². The standard InChI is InChI=1S/C54H109N2O6P/c1-6-8-10-12-14-16-18-20-22-24-26-27-28-30-31-33-35-37-39-41-43-45-47-53(57)52(51-62-63(59,60)61-50-49-56(3,4)5)55-54(58)48-46-44-42-40-38-36-34-32-29-25-23-21-19-17-15-13-11-9-7-2/h25,29,52-53,57H,6-24,26-28,30-51H2,1-5H3,(H-,55,58,59,60)/b29-25-. The summed E-state index contributed by atoms with van der Waals surface area (Å²) in [6.07, 6.45) is 55.1. The van der Waals surface area contributed by atoms with Crippen LogP contribution in [0.3, 0.4) is 0 Å². The number of amides is 1. The monoisotopic (exact) mass is 913 g/mol. The van der Waals surface area contributed by atoms with Crippen LogP contribution < -0.4 is 10.2 Å². The molecule has 9 heteroatoms. The number of aliphatic hydroxyl groups excluding tert-OH is 1. The first-order valence-electron chi connectivity index (χ1n) is 27.5. The summed E-state index contributed by atoms with van der Waals surface area (Å²) in [5.41, 5.74) is 0. The maximum atomic E-state index is 13.0. The fourth-order valence-corrected chi connectivity index (χ4v) is 9.11. The topological polar surface area (TPSA) is 108 Å². The molecule has 0 heterocycles. The quantitative estimate of drug-likeness (QED) is 0.0272. The van der Waals surface area contributed by atoms with E-state index in [1.54, 1.807) is 0 Å². The Kier molecular flexibility index (Phi) is 45.8. The molecule has 1 amide bonds. The molecule has 3 atom stereocenters. The van der Waals surface area contributed by atoms with Crippen LogP contribution in [0.5, 0.6) is 0 Å². The minimum Gasteiger partial charge on any atom is -0.756 e. The number of allylic oxidation sites excluding steroid dienone is 2. The summed E-state index contributed by atoms with van der Waals surface area (Å²) in [5.74, 6) is -0.165. The summed E-state index contributed by atoms with van der Waals surface area (Å²) in [7, 11) is 1.31. The van der Waals surface area contributed by atoms with Gasteiger partial charge in [-0.3, -0.25) is 9.36 Å². The van der Waals surface area contributed by atoms with Crippen molar-refractivity contribution in [2.24, 2.45) is 0 Å². The summed E-state index contributed by atoms with van der Waals surface area (Å²) < 4.78 is 23.4. The summed E-state index contributed by atoms with van der Waals surface area (Å²) in [5, 5.41) is 14.0. The van der Waals surface area contributed by atoms with Gasteiger partial charge in [0, 0.05) is 6.42 Å². The van der Waals surface area contributed by atoms with Crippen molar-refractivity contribution >= 4 is 13.7 Å². The minimum absolute atomic E-state index is 0.0137. The highest BCUT2D eigenvalue weighted by Gasteiger charge is 2.24. The molecule has 0 radical (unpaired) electrons. The Morgan fingerprint density at radius 2 is 0.873 bits per heavy atom. The predicted octanol–water partition coefficient (Wildman–Crippen LogP) is 15.6. The van der Waals surface area contributed by atoms with Crippen molar-refractivity contribution in [1.29, 1.82) is 0 Å². The van der Waals surface area contributed by atoms with Crippen LogP contribution in [-0.4, -0.2) is 68.5 Å². The van der Waals surface area contributed by atoms with E-state index in [4.69, 9.17) is 9.05 Å². The number of carbonyl (C=O) groups excluding carboxylic acids is 1. The Morgan fingerprint density at radius 1 is 0.540 bits per heavy atom. The molecule has 0 spiro atoms. The Balaban J connectivity index is 4.19. The summed E-state index contributed by atoms with van der Waals surface area (Å²) in [4.78, 5) is 25.5. The second-order valence-corrected chi connectivity index (χ2v) is 21.7. The van der Waals surface area contributed by atoms with E-state index < -0.39 is 20.0 Å². The number of hydrogen-bond acceptors (Lipinski definition) is 6. The van der Waals surface area contributed by atoms with E-state index in [2.05, 4.69) is 31.3 Å². The van der Waals surface area contributed by atoms with Gasteiger partial charge in [-0.1, -0.05) is 244 Å². The van der Waals surface area contributed by atoms with E-state index in [9.17, 15) is 19.4 Å². The lowest BCUT2D eigenvalue weighted by atomic mass is 10.0. The molecule has 0 fully saturated rings. The first kappa shape index (κ1) is 62.2. The lowest BCUT2D eigenvalue weighted by Gasteiger charge is -2.30. The molecule has 376 valence electrons. The van der Waals surface area contributed by atoms with E-state index in [0.29, 0.717) is 23.9 Å². The van der Waals surface area contributed by atoms with E-state index in [-0.39, 0.29) is 19.1 Å². The Hall–Kier alpha value is -0.760. The van der Waals surface area contributed by atoms with E-state index in [1.807, 2.05) is 21.1 Å². The molecule has 0 aromatic carbocycles. The van der Waals surface area contributed by atoms with Crippen molar-refractivity contribution in [3.05, 3.63) is 12.2 Å². The molecule has 0 aliphatic heterocycles. The highest BCUT2D eigenvalue weighted by atomic mass is 31.2. The average Bonchev–Trinajstić information content (AvgIpc) is 3.24. The van der Waals surface area contributed by atoms with Gasteiger partial charge in [-0.2, -0.15) is 0 Å². The molecule has 0 saturated heterocycles. The molecule has 0 saturated carbocycles. The number of aliphatic hydroxyl groups is 1. The van der Waals surface area contributed by atoms with Crippen LogP contribution in [-0.2, 0) is 18.4 Å². The number of rotatable bonds is 51. The van der Waals surface area contributed by atoms with Gasteiger partial charge < -0.3 is 28.8 Å². The molecule has 0 aromatic heterocycles. The van der Waals surface area contributed by atoms with Crippen LogP contribution in [0.25, 0.3) is 0 Å². The average molecular weight is 913 g/mol. The fraction of sp³-hybridized carbons (Fsp3) is 0.944. The van der Waals surface area contributed by atoms with Crippen LogP contribution in [0.2, 0.25) is 0 Å². The third-order valence-electron chi connectivity index (χ3n) is 12.8. The van der Waals surface area contributed by atoms with Gasteiger partial charge in [0.05, 0.1) is 39.9 Å². The second kappa shape index (κ2) is 46.4. The largest absolute Gasteiger partial charge is 0.756 e. The van der Waals surface area contributed by atoms with Crippen LogP contribution in [0.4, 0.5) is 0 Å². The molecule has 0 aliphatic carbocycles. The molecule has 0 bridgehead atoms. The number of phosphoric ester groups is 1. The molecule has 3 unspecified atom stereocenters. The number of nitrogens with one attached hydrogen (secondary N) is 1. The lowest BCUT2D eigenvalue weighted by Crippen LogP contribution is -2.46. The lowest BCUT2D eigenvalue weighted by molar-refractivity contribution is -0.870. The Labute approximate surface area is 392 Å². The van der Waals surface area contributed by atoms with Gasteiger partial charge in [-0.15, -0.1) is 0 Å². The molecular weight excluding hydrogens is 804 g/mol. The molecule has 0 aliphatic rings. The van der Waals surface area contributed by atoms with Crippen molar-refractivity contribution in [2.75, 3.05) is 40.9 Å². The van der Waals surface area contributed by atoms with Gasteiger partial charge in [0.15, 0.2) is 0 Å². The zero-order valence-corrected chi connectivity index (χ0v) is 43.7. The zero-order chi connectivity index (χ0) is 46.4. The summed E-state index contributed by atoms with van der Waals surface area (Å²) >= 11 is 0. The molecular formula is C54H109N2O6P. The Morgan fingerprint density at radius 3 is 1.24 bits per heavy atom. The maximum absolute atomic E-state index is 13.0. The maximum Gasteiger partial charge on any atom is 0.268 e. The van der Waals surface area contributed by atoms with Crippen LogP contribution in [0, 0.1) is 0 Å². The summed E-state index contributed by atoms with van der Waals surface area (Å²) in [6.45, 7) is 4.76. The number of unbranched alkanes of at least 4 members (excludes halogenated alkanes) is 36. The van der Waals surface area contributed by atoms with Crippen molar-refractivity contribution in [3.63, 3.8) is 0 Å². The normalized spacial score (nSPS) is 14.1. The van der Waals surface area contributed by atoms with Gasteiger partial charge in [-0.25, -0.2) is 0 Å². The minimum atomic E-state index is -4.57. The summed E-state index contributed by atoms with van der Waals surface area (Å²) in [6, 6.07) is -0.800. The number of likely N-dealkylation sites (N-methyl/N-ethyl adjacent to an activating group) is 1. The first-order valence-corrected chi connectivity index (χ1v) is 29.0. The van der Waals surface area contributed by atoms with Crippen molar-refractivity contribution in [3.8, 4) is 0 Å². The van der Waals surface area contributed by atoms with Crippen molar-refractivity contribution < 1.29 is 32.9 Å². The zero-order valence-electron chi connectivity index (χ0n) is 42.8. The molecule has 63 heavy (non-hydrogen) atoms.